The lowest BCUT2D eigenvalue weighted by atomic mass is 10.1. The lowest BCUT2D eigenvalue weighted by molar-refractivity contribution is -0.131. The van der Waals surface area contributed by atoms with Crippen LogP contribution < -0.4 is 11.1 Å². The quantitative estimate of drug-likeness (QED) is 0.703. The minimum atomic E-state index is -0.369. The van der Waals surface area contributed by atoms with Crippen molar-refractivity contribution in [3.63, 3.8) is 0 Å². The Balaban J connectivity index is 0. The van der Waals surface area contributed by atoms with E-state index in [0.717, 1.165) is 12.8 Å². The second-order valence-electron chi connectivity index (χ2n) is 4.75. The Bertz CT molecular complexity index is 199. The maximum absolute atomic E-state index is 11.5. The molecule has 4 nitrogen and oxygen atoms in total. The van der Waals surface area contributed by atoms with Crippen LogP contribution in [0, 0.1) is 5.92 Å². The first-order chi connectivity index (χ1) is 7.43. The first kappa shape index (κ1) is 19.0. The SMILES string of the molecule is CC(C)CCOC(C)C(=O)NCCC(C)N.Cl. The third-order valence-corrected chi connectivity index (χ3v) is 2.33. The number of ether oxygens (including phenoxy) is 1. The predicted molar refractivity (Wildman–Crippen MR) is 73.4 cm³/mol. The summed E-state index contributed by atoms with van der Waals surface area (Å²) in [4.78, 5) is 11.5. The molecule has 5 heteroatoms. The fourth-order valence-electron chi connectivity index (χ4n) is 1.12. The summed E-state index contributed by atoms with van der Waals surface area (Å²) in [6.45, 7) is 9.23. The van der Waals surface area contributed by atoms with E-state index >= 15 is 0 Å². The lowest BCUT2D eigenvalue weighted by Crippen LogP contribution is -2.36. The molecule has 0 saturated carbocycles. The van der Waals surface area contributed by atoms with Crippen molar-refractivity contribution in [2.45, 2.75) is 52.7 Å². The van der Waals surface area contributed by atoms with Gasteiger partial charge in [0.25, 0.3) is 0 Å². The average Bonchev–Trinajstić information content (AvgIpc) is 2.16. The Morgan fingerprint density at radius 2 is 1.82 bits per heavy atom. The fraction of sp³-hybridized carbons (Fsp3) is 0.917. The van der Waals surface area contributed by atoms with Gasteiger partial charge in [0.05, 0.1) is 0 Å². The molecule has 3 N–H and O–H groups in total. The number of amides is 1. The molecular weight excluding hydrogens is 240 g/mol. The topological polar surface area (TPSA) is 64.3 Å². The summed E-state index contributed by atoms with van der Waals surface area (Å²) < 4.78 is 5.43. The molecule has 1 amide bonds. The minimum Gasteiger partial charge on any atom is -0.369 e. The van der Waals surface area contributed by atoms with Gasteiger partial charge in [0, 0.05) is 19.2 Å². The van der Waals surface area contributed by atoms with Gasteiger partial charge in [-0.2, -0.15) is 0 Å². The van der Waals surface area contributed by atoms with E-state index in [0.29, 0.717) is 19.1 Å². The summed E-state index contributed by atoms with van der Waals surface area (Å²) >= 11 is 0. The summed E-state index contributed by atoms with van der Waals surface area (Å²) in [5, 5.41) is 2.81. The van der Waals surface area contributed by atoms with Gasteiger partial charge in [-0.25, -0.2) is 0 Å². The fourth-order valence-corrected chi connectivity index (χ4v) is 1.12. The van der Waals surface area contributed by atoms with Gasteiger partial charge in [0.1, 0.15) is 6.10 Å². The largest absolute Gasteiger partial charge is 0.369 e. The van der Waals surface area contributed by atoms with E-state index in [1.807, 2.05) is 6.92 Å². The molecule has 2 unspecified atom stereocenters. The second kappa shape index (κ2) is 10.8. The van der Waals surface area contributed by atoms with Crippen molar-refractivity contribution in [1.29, 1.82) is 0 Å². The molecule has 0 aliphatic rings. The Hall–Kier alpha value is -0.320. The van der Waals surface area contributed by atoms with Crippen molar-refractivity contribution in [3.05, 3.63) is 0 Å². The zero-order valence-corrected chi connectivity index (χ0v) is 12.2. The number of hydrogen-bond acceptors (Lipinski definition) is 3. The predicted octanol–water partition coefficient (Wildman–Crippen LogP) is 1.71. The van der Waals surface area contributed by atoms with Gasteiger partial charge in [0.2, 0.25) is 5.91 Å². The molecule has 0 radical (unpaired) electrons. The molecule has 0 fully saturated rings. The van der Waals surface area contributed by atoms with Crippen LogP contribution in [-0.4, -0.2) is 31.2 Å². The maximum atomic E-state index is 11.5. The highest BCUT2D eigenvalue weighted by Gasteiger charge is 2.12. The second-order valence-corrected chi connectivity index (χ2v) is 4.75. The van der Waals surface area contributed by atoms with Crippen molar-refractivity contribution in [3.8, 4) is 0 Å². The lowest BCUT2D eigenvalue weighted by Gasteiger charge is -2.14. The number of carbonyl (C=O) groups is 1. The molecule has 0 spiro atoms. The van der Waals surface area contributed by atoms with Gasteiger partial charge < -0.3 is 15.8 Å². The third-order valence-electron chi connectivity index (χ3n) is 2.33. The molecule has 0 aromatic heterocycles. The Morgan fingerprint density at radius 1 is 1.24 bits per heavy atom. The maximum Gasteiger partial charge on any atom is 0.248 e. The number of rotatable bonds is 8. The first-order valence-electron chi connectivity index (χ1n) is 6.08. The van der Waals surface area contributed by atoms with Gasteiger partial charge in [-0.05, 0) is 32.6 Å². The minimum absolute atomic E-state index is 0. The van der Waals surface area contributed by atoms with E-state index in [9.17, 15) is 4.79 Å². The highest BCUT2D eigenvalue weighted by Crippen LogP contribution is 2.01. The van der Waals surface area contributed by atoms with Crippen molar-refractivity contribution >= 4 is 18.3 Å². The van der Waals surface area contributed by atoms with Gasteiger partial charge in [-0.3, -0.25) is 4.79 Å². The van der Waals surface area contributed by atoms with Crippen LogP contribution in [0.4, 0.5) is 0 Å². The van der Waals surface area contributed by atoms with Crippen molar-refractivity contribution in [2.24, 2.45) is 11.7 Å². The van der Waals surface area contributed by atoms with Crippen LogP contribution >= 0.6 is 12.4 Å². The highest BCUT2D eigenvalue weighted by molar-refractivity contribution is 5.85. The zero-order valence-electron chi connectivity index (χ0n) is 11.4. The van der Waals surface area contributed by atoms with Crippen LogP contribution in [0.1, 0.15) is 40.5 Å². The number of halogens is 1. The molecule has 0 saturated heterocycles. The summed E-state index contributed by atoms with van der Waals surface area (Å²) in [5.74, 6) is 0.553. The molecule has 0 aromatic rings. The summed E-state index contributed by atoms with van der Waals surface area (Å²) in [6.07, 6.45) is 1.41. The highest BCUT2D eigenvalue weighted by atomic mass is 35.5. The number of nitrogens with one attached hydrogen (secondary N) is 1. The van der Waals surface area contributed by atoms with Crippen LogP contribution in [0.25, 0.3) is 0 Å². The van der Waals surface area contributed by atoms with E-state index in [1.54, 1.807) is 6.92 Å². The van der Waals surface area contributed by atoms with Gasteiger partial charge >= 0.3 is 0 Å². The molecule has 0 heterocycles. The summed E-state index contributed by atoms with van der Waals surface area (Å²) in [5.41, 5.74) is 5.59. The van der Waals surface area contributed by atoms with Crippen LogP contribution in [-0.2, 0) is 9.53 Å². The Labute approximate surface area is 111 Å². The van der Waals surface area contributed by atoms with Crippen molar-refractivity contribution in [2.75, 3.05) is 13.2 Å². The zero-order chi connectivity index (χ0) is 12.6. The summed E-state index contributed by atoms with van der Waals surface area (Å²) in [7, 11) is 0. The summed E-state index contributed by atoms with van der Waals surface area (Å²) in [6, 6.07) is 0.123. The first-order valence-corrected chi connectivity index (χ1v) is 6.08. The molecule has 0 aliphatic carbocycles. The average molecular weight is 267 g/mol. The van der Waals surface area contributed by atoms with Crippen LogP contribution in [0.15, 0.2) is 0 Å². The molecule has 0 aliphatic heterocycles. The van der Waals surface area contributed by atoms with Gasteiger partial charge in [-0.1, -0.05) is 13.8 Å². The van der Waals surface area contributed by atoms with E-state index in [1.165, 1.54) is 0 Å². The Kier molecular flexibility index (Phi) is 12.1. The van der Waals surface area contributed by atoms with Crippen molar-refractivity contribution < 1.29 is 9.53 Å². The standard InChI is InChI=1S/C12H26N2O2.ClH/c1-9(2)6-8-16-11(4)12(15)14-7-5-10(3)13;/h9-11H,5-8,13H2,1-4H3,(H,14,15);1H. The molecule has 0 bridgehead atoms. The molecule has 0 aromatic carbocycles. The van der Waals surface area contributed by atoms with Crippen molar-refractivity contribution in [1.82, 2.24) is 5.32 Å². The van der Waals surface area contributed by atoms with Crippen LogP contribution in [0.2, 0.25) is 0 Å². The molecule has 104 valence electrons. The number of carbonyl (C=O) groups excluding carboxylic acids is 1. The van der Waals surface area contributed by atoms with E-state index in [-0.39, 0.29) is 30.5 Å². The number of nitrogens with two attached hydrogens (primary N) is 1. The normalized spacial score (nSPS) is 14.0. The van der Waals surface area contributed by atoms with Gasteiger partial charge in [-0.15, -0.1) is 12.4 Å². The third kappa shape index (κ3) is 11.9. The smallest absolute Gasteiger partial charge is 0.248 e. The molecule has 2 atom stereocenters. The monoisotopic (exact) mass is 266 g/mol. The van der Waals surface area contributed by atoms with Gasteiger partial charge in [0.15, 0.2) is 0 Å². The molecular formula is C12H27ClN2O2. The number of hydrogen-bond donors (Lipinski definition) is 2. The van der Waals surface area contributed by atoms with E-state index < -0.39 is 0 Å². The van der Waals surface area contributed by atoms with Crippen LogP contribution in [0.5, 0.6) is 0 Å². The Morgan fingerprint density at radius 3 is 2.29 bits per heavy atom. The molecule has 17 heavy (non-hydrogen) atoms. The van der Waals surface area contributed by atoms with Crippen LogP contribution in [0.3, 0.4) is 0 Å². The van der Waals surface area contributed by atoms with E-state index in [4.69, 9.17) is 10.5 Å². The molecule has 0 rings (SSSR count). The van der Waals surface area contributed by atoms with E-state index in [2.05, 4.69) is 19.2 Å².